The molecule has 0 amide bonds. The molecule has 2 aliphatic heterocycles. The predicted molar refractivity (Wildman–Crippen MR) is 80.4 cm³/mol. The molecule has 0 radical (unpaired) electrons. The van der Waals surface area contributed by atoms with Crippen molar-refractivity contribution in [2.75, 3.05) is 33.3 Å². The topological polar surface area (TPSA) is 24.5 Å². The van der Waals surface area contributed by atoms with Gasteiger partial charge in [-0.15, -0.1) is 0 Å². The first-order valence-electron chi connectivity index (χ1n) is 8.02. The van der Waals surface area contributed by atoms with Crippen molar-refractivity contribution in [2.45, 2.75) is 58.6 Å². The van der Waals surface area contributed by atoms with Crippen molar-refractivity contribution in [3.05, 3.63) is 0 Å². The van der Waals surface area contributed by atoms with E-state index in [2.05, 4.69) is 38.0 Å². The highest BCUT2D eigenvalue weighted by Crippen LogP contribution is 2.30. The van der Waals surface area contributed by atoms with Gasteiger partial charge in [0.05, 0.1) is 6.10 Å². The fourth-order valence-corrected chi connectivity index (χ4v) is 3.20. The molecule has 2 atom stereocenters. The lowest BCUT2D eigenvalue weighted by molar-refractivity contribution is -0.0264. The largest absolute Gasteiger partial charge is 0.378 e. The van der Waals surface area contributed by atoms with Gasteiger partial charge in [-0.05, 0) is 57.2 Å². The molecule has 3 heteroatoms. The minimum absolute atomic E-state index is 0.455. The molecule has 0 saturated carbocycles. The second kappa shape index (κ2) is 6.55. The smallest absolute Gasteiger partial charge is 0.0612 e. The molecule has 2 aliphatic rings. The number of likely N-dealkylation sites (tertiary alicyclic amines) is 1. The number of nitrogens with zero attached hydrogens (tertiary/aromatic N) is 1. The second-order valence-electron chi connectivity index (χ2n) is 7.37. The molecule has 0 aromatic carbocycles. The maximum absolute atomic E-state index is 5.85. The minimum Gasteiger partial charge on any atom is -0.378 e. The molecule has 112 valence electrons. The Balaban J connectivity index is 1.75. The van der Waals surface area contributed by atoms with Gasteiger partial charge < -0.3 is 15.0 Å². The van der Waals surface area contributed by atoms with E-state index in [1.165, 1.54) is 45.3 Å². The molecule has 2 rings (SSSR count). The summed E-state index contributed by atoms with van der Waals surface area (Å²) < 4.78 is 5.85. The van der Waals surface area contributed by atoms with E-state index in [4.69, 9.17) is 4.74 Å². The van der Waals surface area contributed by atoms with Gasteiger partial charge in [0.25, 0.3) is 0 Å². The van der Waals surface area contributed by atoms with Crippen LogP contribution in [-0.4, -0.2) is 50.3 Å². The van der Waals surface area contributed by atoms with Crippen molar-refractivity contribution in [1.82, 2.24) is 10.2 Å². The van der Waals surface area contributed by atoms with Crippen LogP contribution in [-0.2, 0) is 4.74 Å². The average Bonchev–Trinajstić information content (AvgIpc) is 2.41. The Kier molecular flexibility index (Phi) is 5.27. The number of rotatable bonds is 4. The molecule has 0 aromatic heterocycles. The van der Waals surface area contributed by atoms with E-state index in [-0.39, 0.29) is 0 Å². The summed E-state index contributed by atoms with van der Waals surface area (Å²) >= 11 is 0. The van der Waals surface area contributed by atoms with Crippen LogP contribution in [0, 0.1) is 11.3 Å². The van der Waals surface area contributed by atoms with Gasteiger partial charge in [-0.3, -0.25) is 0 Å². The first-order chi connectivity index (χ1) is 8.98. The van der Waals surface area contributed by atoms with Crippen LogP contribution in [0.1, 0.15) is 46.5 Å². The van der Waals surface area contributed by atoms with Crippen molar-refractivity contribution in [3.63, 3.8) is 0 Å². The zero-order valence-corrected chi connectivity index (χ0v) is 13.2. The normalized spacial score (nSPS) is 32.7. The van der Waals surface area contributed by atoms with Gasteiger partial charge in [0.2, 0.25) is 0 Å². The van der Waals surface area contributed by atoms with Crippen molar-refractivity contribution >= 4 is 0 Å². The maximum atomic E-state index is 5.85. The highest BCUT2D eigenvalue weighted by Gasteiger charge is 2.31. The molecule has 19 heavy (non-hydrogen) atoms. The maximum Gasteiger partial charge on any atom is 0.0612 e. The highest BCUT2D eigenvalue weighted by atomic mass is 16.5. The predicted octanol–water partition coefficient (Wildman–Crippen LogP) is 2.51. The second-order valence-corrected chi connectivity index (χ2v) is 7.37. The summed E-state index contributed by atoms with van der Waals surface area (Å²) in [5.41, 5.74) is 0.498. The van der Waals surface area contributed by atoms with Crippen LogP contribution in [0.3, 0.4) is 0 Å². The van der Waals surface area contributed by atoms with Crippen LogP contribution in [0.25, 0.3) is 0 Å². The summed E-state index contributed by atoms with van der Waals surface area (Å²) in [6.45, 7) is 11.6. The van der Waals surface area contributed by atoms with Crippen LogP contribution in [0.15, 0.2) is 0 Å². The van der Waals surface area contributed by atoms with Crippen LogP contribution < -0.4 is 5.32 Å². The third-order valence-corrected chi connectivity index (χ3v) is 5.07. The van der Waals surface area contributed by atoms with E-state index >= 15 is 0 Å². The summed E-state index contributed by atoms with van der Waals surface area (Å²) in [6.07, 6.45) is 5.48. The summed E-state index contributed by atoms with van der Waals surface area (Å²) in [4.78, 5) is 2.45. The molecule has 1 N–H and O–H groups in total. The van der Waals surface area contributed by atoms with Gasteiger partial charge in [0.15, 0.2) is 0 Å². The molecular formula is C16H32N2O. The van der Waals surface area contributed by atoms with Crippen molar-refractivity contribution in [1.29, 1.82) is 0 Å². The monoisotopic (exact) mass is 268 g/mol. The lowest BCUT2D eigenvalue weighted by Gasteiger charge is -2.40. The zero-order valence-electron chi connectivity index (χ0n) is 13.2. The van der Waals surface area contributed by atoms with Crippen LogP contribution in [0.5, 0.6) is 0 Å². The van der Waals surface area contributed by atoms with E-state index in [1.54, 1.807) is 0 Å². The molecule has 0 aromatic rings. The number of hydrogen-bond acceptors (Lipinski definition) is 3. The van der Waals surface area contributed by atoms with E-state index < -0.39 is 0 Å². The fourth-order valence-electron chi connectivity index (χ4n) is 3.20. The van der Waals surface area contributed by atoms with Crippen molar-refractivity contribution in [2.24, 2.45) is 11.3 Å². The van der Waals surface area contributed by atoms with E-state index in [9.17, 15) is 0 Å². The fraction of sp³-hybridized carbons (Fsp3) is 1.00. The number of hydrogen-bond donors (Lipinski definition) is 1. The van der Waals surface area contributed by atoms with Gasteiger partial charge in [-0.2, -0.15) is 0 Å². The summed E-state index contributed by atoms with van der Waals surface area (Å²) in [6, 6.07) is 0.664. The first kappa shape index (κ1) is 15.3. The lowest BCUT2D eigenvalue weighted by atomic mass is 9.80. The Morgan fingerprint density at radius 3 is 2.63 bits per heavy atom. The van der Waals surface area contributed by atoms with E-state index in [1.807, 2.05) is 0 Å². The average molecular weight is 268 g/mol. The Labute approximate surface area is 119 Å². The quantitative estimate of drug-likeness (QED) is 0.848. The van der Waals surface area contributed by atoms with Crippen molar-refractivity contribution < 1.29 is 4.74 Å². The summed E-state index contributed by atoms with van der Waals surface area (Å²) in [7, 11) is 2.23. The molecule has 2 heterocycles. The molecule has 2 fully saturated rings. The molecule has 0 bridgehead atoms. The number of nitrogens with one attached hydrogen (secondary N) is 1. The Morgan fingerprint density at radius 2 is 2.00 bits per heavy atom. The summed E-state index contributed by atoms with van der Waals surface area (Å²) in [5.74, 6) is 0.642. The Hall–Kier alpha value is -0.120. The molecule has 2 unspecified atom stereocenters. The SMILES string of the molecule is CC(C)C1CC(NCC2(C)CCN(C)CC2)CCO1. The van der Waals surface area contributed by atoms with E-state index in [0.29, 0.717) is 23.5 Å². The lowest BCUT2D eigenvalue weighted by Crippen LogP contribution is -2.47. The molecular weight excluding hydrogens is 236 g/mol. The van der Waals surface area contributed by atoms with E-state index in [0.717, 1.165) is 6.61 Å². The van der Waals surface area contributed by atoms with Crippen molar-refractivity contribution in [3.8, 4) is 0 Å². The number of piperidine rings is 1. The molecule has 2 saturated heterocycles. The summed E-state index contributed by atoms with van der Waals surface area (Å²) in [5, 5.41) is 3.83. The molecule has 0 spiro atoms. The zero-order chi connectivity index (χ0) is 13.9. The van der Waals surface area contributed by atoms with Gasteiger partial charge in [0.1, 0.15) is 0 Å². The van der Waals surface area contributed by atoms with Gasteiger partial charge in [-0.25, -0.2) is 0 Å². The minimum atomic E-state index is 0.455. The highest BCUT2D eigenvalue weighted by molar-refractivity contribution is 4.86. The first-order valence-corrected chi connectivity index (χ1v) is 8.02. The molecule has 0 aliphatic carbocycles. The third-order valence-electron chi connectivity index (χ3n) is 5.07. The Bertz CT molecular complexity index is 272. The van der Waals surface area contributed by atoms with Crippen LogP contribution in [0.4, 0.5) is 0 Å². The Morgan fingerprint density at radius 1 is 1.32 bits per heavy atom. The number of ether oxygens (including phenoxy) is 1. The van der Waals surface area contributed by atoms with Crippen LogP contribution >= 0.6 is 0 Å². The molecule has 3 nitrogen and oxygen atoms in total. The third kappa shape index (κ3) is 4.44. The standard InChI is InChI=1S/C16H32N2O/c1-13(2)15-11-14(5-10-19-15)17-12-16(3)6-8-18(4)9-7-16/h13-15,17H,5-12H2,1-4H3. The van der Waals surface area contributed by atoms with Crippen LogP contribution in [0.2, 0.25) is 0 Å². The van der Waals surface area contributed by atoms with Gasteiger partial charge in [-0.1, -0.05) is 20.8 Å². The van der Waals surface area contributed by atoms with Gasteiger partial charge >= 0.3 is 0 Å². The van der Waals surface area contributed by atoms with Gasteiger partial charge in [0, 0.05) is 19.2 Å².